The summed E-state index contributed by atoms with van der Waals surface area (Å²) in [5.74, 6) is -2.51. The van der Waals surface area contributed by atoms with Gasteiger partial charge in [-0.15, -0.1) is 0 Å². The maximum Gasteiger partial charge on any atom is 0.360 e. The second kappa shape index (κ2) is 13.1. The fourth-order valence-corrected chi connectivity index (χ4v) is 5.08. The minimum atomic E-state index is -0.733. The largest absolute Gasteiger partial charge is 0.368 e. The predicted molar refractivity (Wildman–Crippen MR) is 140 cm³/mol. The number of likely N-dealkylation sites (tertiary alicyclic amines) is 1. The number of amides is 2. The number of hydrogen-bond donors (Lipinski definition) is 1. The standard InChI is InChI=1S/C27H40N4O7/c1-6-21-17-20(11-12-31(21)18-24(33)37-38-36-19(2)32)28-25(34)26(35)30-15-13-29(14-16-30)23-10-8-7-9-22(23)27(3,4)5/h7-10,20-21H,6,11-18H2,1-5H3,(H,28,34). The average Bonchev–Trinajstić information content (AvgIpc) is 2.88. The minimum absolute atomic E-state index is 0.00729. The number of nitrogens with one attached hydrogen (secondary N) is 1. The Balaban J connectivity index is 1.47. The van der Waals surface area contributed by atoms with Crippen LogP contribution in [0.25, 0.3) is 0 Å². The zero-order chi connectivity index (χ0) is 27.9. The van der Waals surface area contributed by atoms with Crippen molar-refractivity contribution >= 4 is 29.4 Å². The normalized spacial score (nSPS) is 20.6. The molecule has 0 spiro atoms. The summed E-state index contributed by atoms with van der Waals surface area (Å²) >= 11 is 0. The molecular formula is C27H40N4O7. The second-order valence-corrected chi connectivity index (χ2v) is 10.9. The Bertz CT molecular complexity index is 1000. The van der Waals surface area contributed by atoms with Crippen molar-refractivity contribution in [1.82, 2.24) is 15.1 Å². The Kier molecular flexibility index (Phi) is 10.1. The first-order valence-corrected chi connectivity index (χ1v) is 13.2. The monoisotopic (exact) mass is 532 g/mol. The molecule has 1 aromatic rings. The minimum Gasteiger partial charge on any atom is -0.368 e. The predicted octanol–water partition coefficient (Wildman–Crippen LogP) is 1.94. The fraction of sp³-hybridized carbons (Fsp3) is 0.630. The van der Waals surface area contributed by atoms with E-state index in [0.29, 0.717) is 45.6 Å². The molecule has 2 unspecified atom stereocenters. The van der Waals surface area contributed by atoms with Crippen molar-refractivity contribution in [3.8, 4) is 0 Å². The van der Waals surface area contributed by atoms with E-state index in [1.165, 1.54) is 11.3 Å². The summed E-state index contributed by atoms with van der Waals surface area (Å²) in [6.45, 7) is 12.5. The maximum absolute atomic E-state index is 12.9. The number of anilines is 1. The van der Waals surface area contributed by atoms with Crippen LogP contribution in [-0.4, -0.2) is 84.9 Å². The van der Waals surface area contributed by atoms with Gasteiger partial charge in [-0.25, -0.2) is 9.59 Å². The molecule has 0 bridgehead atoms. The van der Waals surface area contributed by atoms with Crippen molar-refractivity contribution in [3.05, 3.63) is 29.8 Å². The molecule has 38 heavy (non-hydrogen) atoms. The van der Waals surface area contributed by atoms with Crippen molar-refractivity contribution in [2.24, 2.45) is 0 Å². The van der Waals surface area contributed by atoms with Crippen LogP contribution in [0.1, 0.15) is 59.4 Å². The van der Waals surface area contributed by atoms with E-state index in [1.54, 1.807) is 4.90 Å². The highest BCUT2D eigenvalue weighted by atomic mass is 17.5. The number of piperazine rings is 1. The maximum atomic E-state index is 12.9. The molecule has 0 aromatic heterocycles. The van der Waals surface area contributed by atoms with Gasteiger partial charge < -0.3 is 15.1 Å². The molecule has 0 radical (unpaired) electrons. The Morgan fingerprint density at radius 3 is 2.32 bits per heavy atom. The number of para-hydroxylation sites is 1. The van der Waals surface area contributed by atoms with E-state index in [0.717, 1.165) is 13.3 Å². The first-order valence-electron chi connectivity index (χ1n) is 13.2. The summed E-state index contributed by atoms with van der Waals surface area (Å²) in [6.07, 6.45) is 1.94. The Hall–Kier alpha value is -3.18. The van der Waals surface area contributed by atoms with Gasteiger partial charge >= 0.3 is 23.8 Å². The van der Waals surface area contributed by atoms with Gasteiger partial charge in [0.15, 0.2) is 0 Å². The van der Waals surface area contributed by atoms with Gasteiger partial charge in [0.25, 0.3) is 0 Å². The molecule has 2 aliphatic rings. The highest BCUT2D eigenvalue weighted by Gasteiger charge is 2.33. The average molecular weight is 533 g/mol. The molecule has 2 amide bonds. The lowest BCUT2D eigenvalue weighted by Crippen LogP contribution is -2.56. The Morgan fingerprint density at radius 2 is 1.68 bits per heavy atom. The summed E-state index contributed by atoms with van der Waals surface area (Å²) in [6, 6.07) is 8.19. The van der Waals surface area contributed by atoms with Crippen molar-refractivity contribution in [1.29, 1.82) is 0 Å². The molecule has 2 fully saturated rings. The van der Waals surface area contributed by atoms with Crippen molar-refractivity contribution in [2.75, 3.05) is 44.2 Å². The lowest BCUT2D eigenvalue weighted by molar-refractivity contribution is -0.458. The van der Waals surface area contributed by atoms with E-state index in [4.69, 9.17) is 0 Å². The summed E-state index contributed by atoms with van der Waals surface area (Å²) < 4.78 is 0. The van der Waals surface area contributed by atoms with Crippen LogP contribution in [0.5, 0.6) is 0 Å². The quantitative estimate of drug-likeness (QED) is 0.319. The fourth-order valence-electron chi connectivity index (χ4n) is 5.08. The van der Waals surface area contributed by atoms with Crippen molar-refractivity contribution < 1.29 is 34.0 Å². The molecule has 11 nitrogen and oxygen atoms in total. The van der Waals surface area contributed by atoms with E-state index in [1.807, 2.05) is 24.0 Å². The van der Waals surface area contributed by atoms with E-state index >= 15 is 0 Å². The van der Waals surface area contributed by atoms with Crippen molar-refractivity contribution in [3.63, 3.8) is 0 Å². The number of piperidine rings is 1. The molecular weight excluding hydrogens is 492 g/mol. The molecule has 11 heteroatoms. The first kappa shape index (κ1) is 29.4. The molecule has 3 rings (SSSR count). The Morgan fingerprint density at radius 1 is 1.00 bits per heavy atom. The molecule has 2 heterocycles. The number of benzene rings is 1. The van der Waals surface area contributed by atoms with Gasteiger partial charge in [0, 0.05) is 62.5 Å². The van der Waals surface area contributed by atoms with E-state index in [-0.39, 0.29) is 24.0 Å². The van der Waals surface area contributed by atoms with Crippen LogP contribution in [0.2, 0.25) is 0 Å². The van der Waals surface area contributed by atoms with Crippen LogP contribution in [0.4, 0.5) is 5.69 Å². The lowest BCUT2D eigenvalue weighted by atomic mass is 9.85. The van der Waals surface area contributed by atoms with Crippen LogP contribution >= 0.6 is 0 Å². The second-order valence-electron chi connectivity index (χ2n) is 10.9. The zero-order valence-corrected chi connectivity index (χ0v) is 23.0. The molecule has 0 aliphatic carbocycles. The van der Waals surface area contributed by atoms with Gasteiger partial charge in [-0.1, -0.05) is 45.9 Å². The molecule has 210 valence electrons. The van der Waals surface area contributed by atoms with Gasteiger partial charge in [-0.05, 0) is 36.3 Å². The number of rotatable bonds is 7. The molecule has 1 aromatic carbocycles. The number of hydrogen-bond acceptors (Lipinski definition) is 9. The van der Waals surface area contributed by atoms with E-state index in [2.05, 4.69) is 57.9 Å². The third-order valence-electron chi connectivity index (χ3n) is 7.07. The summed E-state index contributed by atoms with van der Waals surface area (Å²) in [5, 5.41) is 7.05. The first-order chi connectivity index (χ1) is 18.0. The third-order valence-corrected chi connectivity index (χ3v) is 7.07. The zero-order valence-electron chi connectivity index (χ0n) is 23.0. The van der Waals surface area contributed by atoms with Gasteiger partial charge in [-0.2, -0.15) is 0 Å². The number of carbonyl (C=O) groups is 4. The van der Waals surface area contributed by atoms with Crippen molar-refractivity contribution in [2.45, 2.75) is 71.4 Å². The van der Waals surface area contributed by atoms with E-state index in [9.17, 15) is 19.2 Å². The lowest BCUT2D eigenvalue weighted by Gasteiger charge is -2.39. The summed E-state index contributed by atoms with van der Waals surface area (Å²) in [5.41, 5.74) is 2.45. The molecule has 0 saturated carbocycles. The highest BCUT2D eigenvalue weighted by molar-refractivity contribution is 6.35. The van der Waals surface area contributed by atoms with Crippen LogP contribution < -0.4 is 10.2 Å². The van der Waals surface area contributed by atoms with Crippen LogP contribution in [0.3, 0.4) is 0 Å². The molecule has 2 saturated heterocycles. The van der Waals surface area contributed by atoms with Crippen LogP contribution in [-0.2, 0) is 39.4 Å². The highest BCUT2D eigenvalue weighted by Crippen LogP contribution is 2.32. The molecule has 2 aliphatic heterocycles. The molecule has 1 N–H and O–H groups in total. The van der Waals surface area contributed by atoms with Crippen LogP contribution in [0.15, 0.2) is 24.3 Å². The van der Waals surface area contributed by atoms with Gasteiger partial charge in [0.1, 0.15) is 6.54 Å². The van der Waals surface area contributed by atoms with Gasteiger partial charge in [0.05, 0.1) is 0 Å². The third kappa shape index (κ3) is 7.91. The smallest absolute Gasteiger partial charge is 0.360 e. The number of carbonyl (C=O) groups excluding carboxylic acids is 4. The van der Waals surface area contributed by atoms with E-state index < -0.39 is 23.8 Å². The molecule has 2 atom stereocenters. The van der Waals surface area contributed by atoms with Gasteiger partial charge in [0.2, 0.25) is 0 Å². The van der Waals surface area contributed by atoms with Gasteiger partial charge in [-0.3, -0.25) is 24.3 Å². The summed E-state index contributed by atoms with van der Waals surface area (Å²) in [7, 11) is 0. The summed E-state index contributed by atoms with van der Waals surface area (Å²) in [4.78, 5) is 62.8. The number of nitrogens with zero attached hydrogens (tertiary/aromatic N) is 3. The Labute approximate surface area is 224 Å². The topological polar surface area (TPSA) is 118 Å². The SMILES string of the molecule is CCC1CC(NC(=O)C(=O)N2CCN(c3ccccc3C(C)(C)C)CC2)CCN1CC(=O)OOOC(C)=O. The van der Waals surface area contributed by atoms with Crippen LogP contribution in [0, 0.1) is 0 Å².